The minimum atomic E-state index is 0.676. The first-order valence-corrected chi connectivity index (χ1v) is 10.3. The van der Waals surface area contributed by atoms with Crippen molar-refractivity contribution >= 4 is 23.2 Å². The second-order valence-corrected chi connectivity index (χ2v) is 9.18. The maximum atomic E-state index is 6.29. The number of hydrogen-bond donors (Lipinski definition) is 1. The number of furan rings is 1. The van der Waals surface area contributed by atoms with E-state index in [2.05, 4.69) is 11.4 Å². The molecule has 1 aromatic carbocycles. The maximum absolute atomic E-state index is 6.29. The highest BCUT2D eigenvalue weighted by Crippen LogP contribution is 2.52. The van der Waals surface area contributed by atoms with Crippen molar-refractivity contribution in [2.45, 2.75) is 44.7 Å². The lowest BCUT2D eigenvalue weighted by atomic mass is 9.54. The van der Waals surface area contributed by atoms with E-state index in [0.717, 1.165) is 53.3 Å². The van der Waals surface area contributed by atoms with Crippen LogP contribution in [0.5, 0.6) is 0 Å². The van der Waals surface area contributed by atoms with Crippen molar-refractivity contribution < 1.29 is 9.73 Å². The molecular formula is C21H24Cl2NO+. The molecule has 0 aliphatic heterocycles. The van der Waals surface area contributed by atoms with Crippen molar-refractivity contribution in [3.8, 4) is 11.3 Å². The monoisotopic (exact) mass is 376 g/mol. The molecule has 25 heavy (non-hydrogen) atoms. The van der Waals surface area contributed by atoms with E-state index in [4.69, 9.17) is 27.6 Å². The van der Waals surface area contributed by atoms with Gasteiger partial charge in [0, 0.05) is 22.4 Å². The SMILES string of the molecule is Clc1ccc(Cl)c(-c2ccc(C[NH2+]C3C4CC5CC(C4)CC3C5)o2)c1. The smallest absolute Gasteiger partial charge is 0.158 e. The molecule has 4 aliphatic carbocycles. The Bertz CT molecular complexity index is 756. The van der Waals surface area contributed by atoms with Crippen LogP contribution in [0.4, 0.5) is 0 Å². The molecule has 4 bridgehead atoms. The first-order chi connectivity index (χ1) is 12.2. The lowest BCUT2D eigenvalue weighted by molar-refractivity contribution is -0.724. The maximum Gasteiger partial charge on any atom is 0.158 e. The fraction of sp³-hybridized carbons (Fsp3) is 0.524. The van der Waals surface area contributed by atoms with E-state index in [1.807, 2.05) is 18.2 Å². The van der Waals surface area contributed by atoms with E-state index in [0.29, 0.717) is 10.0 Å². The van der Waals surface area contributed by atoms with E-state index in [-0.39, 0.29) is 0 Å². The van der Waals surface area contributed by atoms with Gasteiger partial charge < -0.3 is 9.73 Å². The summed E-state index contributed by atoms with van der Waals surface area (Å²) in [7, 11) is 0. The van der Waals surface area contributed by atoms with Gasteiger partial charge in [-0.15, -0.1) is 0 Å². The molecule has 4 saturated carbocycles. The predicted octanol–water partition coefficient (Wildman–Crippen LogP) is 5.14. The van der Waals surface area contributed by atoms with Crippen LogP contribution in [0, 0.1) is 23.7 Å². The summed E-state index contributed by atoms with van der Waals surface area (Å²) < 4.78 is 6.07. The quantitative estimate of drug-likeness (QED) is 0.785. The summed E-state index contributed by atoms with van der Waals surface area (Å²) in [6.45, 7) is 0.922. The third kappa shape index (κ3) is 3.03. The predicted molar refractivity (Wildman–Crippen MR) is 101 cm³/mol. The topological polar surface area (TPSA) is 29.8 Å². The van der Waals surface area contributed by atoms with Crippen LogP contribution in [0.15, 0.2) is 34.7 Å². The molecule has 2 aromatic rings. The van der Waals surface area contributed by atoms with Gasteiger partial charge in [0.25, 0.3) is 0 Å². The van der Waals surface area contributed by atoms with Gasteiger partial charge >= 0.3 is 0 Å². The molecule has 4 fully saturated rings. The number of quaternary nitrogens is 1. The first-order valence-electron chi connectivity index (χ1n) is 9.53. The fourth-order valence-electron chi connectivity index (χ4n) is 5.92. The van der Waals surface area contributed by atoms with Gasteiger partial charge in [-0.1, -0.05) is 23.2 Å². The number of hydrogen-bond acceptors (Lipinski definition) is 1. The molecule has 0 radical (unpaired) electrons. The standard InChI is InChI=1S/C21H23Cl2NO/c22-16-1-3-19(23)18(10-16)20-4-2-17(25-20)11-24-21-14-6-12-5-13(8-14)9-15(21)7-12/h1-4,10,12-15,21,24H,5-9,11H2/p+1. The molecule has 0 saturated heterocycles. The molecule has 0 atom stereocenters. The van der Waals surface area contributed by atoms with E-state index in [1.54, 1.807) is 6.07 Å². The molecule has 2 nitrogen and oxygen atoms in total. The van der Waals surface area contributed by atoms with Crippen molar-refractivity contribution in [1.82, 2.24) is 0 Å². The minimum Gasteiger partial charge on any atom is -0.455 e. The fourth-order valence-corrected chi connectivity index (χ4v) is 6.31. The van der Waals surface area contributed by atoms with Crippen LogP contribution in [0.1, 0.15) is 37.9 Å². The van der Waals surface area contributed by atoms with Crippen LogP contribution in [0.25, 0.3) is 11.3 Å². The Hall–Kier alpha value is -0.960. The van der Waals surface area contributed by atoms with Gasteiger partial charge in [0.1, 0.15) is 12.3 Å². The van der Waals surface area contributed by atoms with Crippen LogP contribution in [0.3, 0.4) is 0 Å². The zero-order chi connectivity index (χ0) is 17.0. The molecule has 1 heterocycles. The Morgan fingerprint density at radius 2 is 1.64 bits per heavy atom. The van der Waals surface area contributed by atoms with Gasteiger partial charge in [-0.05, 0) is 74.3 Å². The van der Waals surface area contributed by atoms with Gasteiger partial charge in [0.15, 0.2) is 5.76 Å². The second-order valence-electron chi connectivity index (χ2n) is 8.34. The van der Waals surface area contributed by atoms with E-state index >= 15 is 0 Å². The van der Waals surface area contributed by atoms with Crippen LogP contribution >= 0.6 is 23.2 Å². The molecule has 1 aromatic heterocycles. The summed E-state index contributed by atoms with van der Waals surface area (Å²) in [6.07, 6.45) is 7.39. The Balaban J connectivity index is 1.28. The molecule has 4 heteroatoms. The second kappa shape index (κ2) is 6.33. The number of nitrogens with two attached hydrogens (primary N) is 1. The minimum absolute atomic E-state index is 0.676. The van der Waals surface area contributed by atoms with Gasteiger partial charge in [-0.25, -0.2) is 0 Å². The van der Waals surface area contributed by atoms with E-state index in [1.165, 1.54) is 32.1 Å². The summed E-state index contributed by atoms with van der Waals surface area (Å²) in [5.74, 6) is 5.78. The lowest BCUT2D eigenvalue weighted by Gasteiger charge is -2.52. The molecule has 0 amide bonds. The highest BCUT2D eigenvalue weighted by molar-refractivity contribution is 6.35. The molecule has 6 rings (SSSR count). The Labute approximate surface area is 158 Å². The molecule has 0 unspecified atom stereocenters. The van der Waals surface area contributed by atoms with Gasteiger partial charge in [-0.2, -0.15) is 0 Å². The average Bonchev–Trinajstić information content (AvgIpc) is 3.04. The van der Waals surface area contributed by atoms with Crippen molar-refractivity contribution in [2.75, 3.05) is 0 Å². The first kappa shape index (κ1) is 16.2. The summed E-state index contributed by atoms with van der Waals surface area (Å²) in [5.41, 5.74) is 0.870. The van der Waals surface area contributed by atoms with Crippen LogP contribution in [-0.2, 0) is 6.54 Å². The van der Waals surface area contributed by atoms with Gasteiger partial charge in [-0.3, -0.25) is 0 Å². The zero-order valence-electron chi connectivity index (χ0n) is 14.3. The zero-order valence-corrected chi connectivity index (χ0v) is 15.8. The third-order valence-electron chi connectivity index (χ3n) is 6.75. The lowest BCUT2D eigenvalue weighted by Crippen LogP contribution is -2.93. The van der Waals surface area contributed by atoms with E-state index < -0.39 is 0 Å². The van der Waals surface area contributed by atoms with Crippen molar-refractivity contribution in [3.05, 3.63) is 46.1 Å². The van der Waals surface area contributed by atoms with Crippen LogP contribution in [-0.4, -0.2) is 6.04 Å². The van der Waals surface area contributed by atoms with Crippen LogP contribution < -0.4 is 5.32 Å². The molecular weight excluding hydrogens is 353 g/mol. The summed E-state index contributed by atoms with van der Waals surface area (Å²) in [4.78, 5) is 0. The highest BCUT2D eigenvalue weighted by Gasteiger charge is 2.50. The molecule has 0 spiro atoms. The third-order valence-corrected chi connectivity index (χ3v) is 7.31. The normalized spacial score (nSPS) is 33.1. The number of halogens is 2. The number of rotatable bonds is 4. The highest BCUT2D eigenvalue weighted by atomic mass is 35.5. The Kier molecular flexibility index (Phi) is 4.11. The van der Waals surface area contributed by atoms with Gasteiger partial charge in [0.05, 0.1) is 11.1 Å². The molecule has 2 N–H and O–H groups in total. The summed E-state index contributed by atoms with van der Waals surface area (Å²) in [5, 5.41) is 3.91. The molecule has 4 aliphatic rings. The largest absolute Gasteiger partial charge is 0.455 e. The number of benzene rings is 1. The summed E-state index contributed by atoms with van der Waals surface area (Å²) in [6, 6.07) is 10.4. The van der Waals surface area contributed by atoms with Crippen molar-refractivity contribution in [1.29, 1.82) is 0 Å². The van der Waals surface area contributed by atoms with Crippen molar-refractivity contribution in [2.24, 2.45) is 23.7 Å². The van der Waals surface area contributed by atoms with Crippen molar-refractivity contribution in [3.63, 3.8) is 0 Å². The molecule has 132 valence electrons. The summed E-state index contributed by atoms with van der Waals surface area (Å²) >= 11 is 12.4. The Morgan fingerprint density at radius 1 is 0.920 bits per heavy atom. The van der Waals surface area contributed by atoms with E-state index in [9.17, 15) is 0 Å². The van der Waals surface area contributed by atoms with Gasteiger partial charge in [0.2, 0.25) is 0 Å². The average molecular weight is 377 g/mol. The Morgan fingerprint density at radius 3 is 2.36 bits per heavy atom. The van der Waals surface area contributed by atoms with Crippen LogP contribution in [0.2, 0.25) is 10.0 Å².